The number of allylic oxidation sites excluding steroid dienone is 1. The molecule has 216 valence electrons. The van der Waals surface area contributed by atoms with Crippen molar-refractivity contribution in [2.75, 3.05) is 13.7 Å². The smallest absolute Gasteiger partial charge is 0.338 e. The number of carbonyl (C=O) groups is 1. The quantitative estimate of drug-likeness (QED) is 0.250. The van der Waals surface area contributed by atoms with Gasteiger partial charge in [0.2, 0.25) is 0 Å². The van der Waals surface area contributed by atoms with Crippen molar-refractivity contribution in [1.29, 1.82) is 0 Å². The van der Waals surface area contributed by atoms with Crippen LogP contribution in [0.5, 0.6) is 5.75 Å². The van der Waals surface area contributed by atoms with E-state index in [0.29, 0.717) is 20.6 Å². The Bertz CT molecular complexity index is 2020. The van der Waals surface area contributed by atoms with Gasteiger partial charge in [0.1, 0.15) is 11.4 Å². The number of methoxy groups -OCH3 is 1. The van der Waals surface area contributed by atoms with E-state index < -0.39 is 12.0 Å². The maximum absolute atomic E-state index is 14.2. The summed E-state index contributed by atoms with van der Waals surface area (Å²) in [5, 5.41) is 4.90. The number of benzene rings is 3. The zero-order chi connectivity index (χ0) is 30.1. The highest BCUT2D eigenvalue weighted by atomic mass is 32.1. The van der Waals surface area contributed by atoms with Crippen molar-refractivity contribution in [3.05, 3.63) is 133 Å². The molecule has 2 aromatic heterocycles. The van der Waals surface area contributed by atoms with Gasteiger partial charge < -0.3 is 9.47 Å². The third kappa shape index (κ3) is 5.35. The van der Waals surface area contributed by atoms with E-state index in [1.54, 1.807) is 30.2 Å². The maximum atomic E-state index is 14.2. The fraction of sp³-hybridized carbons (Fsp3) is 0.176. The lowest BCUT2D eigenvalue weighted by Crippen LogP contribution is -2.39. The first kappa shape index (κ1) is 28.1. The molecule has 0 saturated heterocycles. The zero-order valence-electron chi connectivity index (χ0n) is 24.3. The molecule has 1 aliphatic heterocycles. The SMILES string of the molecule is CCOC(=O)C1=C(C)N=c2sc(=Cc3cn(-c4ccccc4)nc3-c3ccc(OC)cc3)c(=O)n2C1c1ccc(C)cc1. The number of aryl methyl sites for hydroxylation is 1. The summed E-state index contributed by atoms with van der Waals surface area (Å²) in [6.45, 7) is 5.77. The highest BCUT2D eigenvalue weighted by Crippen LogP contribution is 2.31. The molecule has 0 radical (unpaired) electrons. The van der Waals surface area contributed by atoms with Crippen LogP contribution in [-0.2, 0) is 9.53 Å². The predicted octanol–water partition coefficient (Wildman–Crippen LogP) is 4.97. The molecule has 0 fully saturated rings. The van der Waals surface area contributed by atoms with Crippen LogP contribution in [0.1, 0.15) is 36.6 Å². The average molecular weight is 591 g/mol. The second-order valence-corrected chi connectivity index (χ2v) is 11.2. The van der Waals surface area contributed by atoms with E-state index in [-0.39, 0.29) is 12.2 Å². The highest BCUT2D eigenvalue weighted by molar-refractivity contribution is 7.07. The topological polar surface area (TPSA) is 87.7 Å². The van der Waals surface area contributed by atoms with Gasteiger partial charge in [-0.05, 0) is 68.8 Å². The third-order valence-electron chi connectivity index (χ3n) is 7.32. The molecule has 8 nitrogen and oxygen atoms in total. The third-order valence-corrected chi connectivity index (χ3v) is 8.31. The van der Waals surface area contributed by atoms with E-state index >= 15 is 0 Å². The summed E-state index contributed by atoms with van der Waals surface area (Å²) in [6.07, 6.45) is 3.77. The van der Waals surface area contributed by atoms with Crippen LogP contribution < -0.4 is 19.6 Å². The molecule has 5 aromatic rings. The van der Waals surface area contributed by atoms with E-state index in [1.165, 1.54) is 11.3 Å². The Morgan fingerprint density at radius 3 is 2.40 bits per heavy atom. The molecule has 0 saturated carbocycles. The van der Waals surface area contributed by atoms with Crippen LogP contribution in [-0.4, -0.2) is 34.0 Å². The molecule has 43 heavy (non-hydrogen) atoms. The standard InChI is InChI=1S/C34H30N4O4S/c1-5-42-33(40)29-22(3)35-34-38(31(29)24-13-11-21(2)12-14-24)32(39)28(43-34)19-25-20-37(26-9-7-6-8-10-26)36-30(25)23-15-17-27(41-4)18-16-23/h6-20,31H,5H2,1-4H3. The van der Waals surface area contributed by atoms with Crippen LogP contribution in [0.2, 0.25) is 0 Å². The van der Waals surface area contributed by atoms with Gasteiger partial charge in [0, 0.05) is 17.3 Å². The monoisotopic (exact) mass is 590 g/mol. The molecule has 9 heteroatoms. The molecule has 3 aromatic carbocycles. The van der Waals surface area contributed by atoms with E-state index in [0.717, 1.165) is 39.4 Å². The molecule has 0 spiro atoms. The van der Waals surface area contributed by atoms with Crippen LogP contribution in [0, 0.1) is 6.92 Å². The minimum atomic E-state index is -0.661. The molecule has 6 rings (SSSR count). The molecule has 0 amide bonds. The number of hydrogen-bond donors (Lipinski definition) is 0. The highest BCUT2D eigenvalue weighted by Gasteiger charge is 2.33. The Morgan fingerprint density at radius 2 is 1.72 bits per heavy atom. The van der Waals surface area contributed by atoms with Gasteiger partial charge >= 0.3 is 5.97 Å². The van der Waals surface area contributed by atoms with Gasteiger partial charge in [-0.15, -0.1) is 0 Å². The van der Waals surface area contributed by atoms with E-state index in [9.17, 15) is 9.59 Å². The van der Waals surface area contributed by atoms with Gasteiger partial charge in [0.05, 0.1) is 41.2 Å². The molecular weight excluding hydrogens is 560 g/mol. The Morgan fingerprint density at radius 1 is 1.00 bits per heavy atom. The molecular formula is C34H30N4O4S. The number of nitrogens with zero attached hydrogens (tertiary/aromatic N) is 4. The second-order valence-electron chi connectivity index (χ2n) is 10.2. The van der Waals surface area contributed by atoms with Crippen molar-refractivity contribution in [3.63, 3.8) is 0 Å². The van der Waals surface area contributed by atoms with Gasteiger partial charge in [0.15, 0.2) is 4.80 Å². The van der Waals surface area contributed by atoms with Gasteiger partial charge in [-0.1, -0.05) is 59.4 Å². The van der Waals surface area contributed by atoms with Crippen LogP contribution in [0.15, 0.2) is 106 Å². The molecule has 0 N–H and O–H groups in total. The molecule has 0 aliphatic carbocycles. The summed E-state index contributed by atoms with van der Waals surface area (Å²) in [6, 6.07) is 24.7. The van der Waals surface area contributed by atoms with Crippen molar-refractivity contribution in [2.45, 2.75) is 26.8 Å². The Labute approximate surface area is 252 Å². The lowest BCUT2D eigenvalue weighted by Gasteiger charge is -2.24. The maximum Gasteiger partial charge on any atom is 0.338 e. The first-order chi connectivity index (χ1) is 20.9. The fourth-order valence-corrected chi connectivity index (χ4v) is 6.21. The number of esters is 1. The number of para-hydroxylation sites is 1. The summed E-state index contributed by atoms with van der Waals surface area (Å²) in [5.74, 6) is 0.263. The Balaban J connectivity index is 1.55. The van der Waals surface area contributed by atoms with Crippen molar-refractivity contribution >= 4 is 23.4 Å². The number of thiazole rings is 1. The van der Waals surface area contributed by atoms with Crippen molar-refractivity contribution in [2.24, 2.45) is 4.99 Å². The summed E-state index contributed by atoms with van der Waals surface area (Å²) in [4.78, 5) is 32.6. The second kappa shape index (κ2) is 11.7. The summed E-state index contributed by atoms with van der Waals surface area (Å²) < 4.78 is 14.7. The number of carbonyl (C=O) groups excluding carboxylic acids is 1. The van der Waals surface area contributed by atoms with E-state index in [2.05, 4.69) is 0 Å². The largest absolute Gasteiger partial charge is 0.497 e. The summed E-state index contributed by atoms with van der Waals surface area (Å²) in [7, 11) is 1.63. The number of hydrogen-bond acceptors (Lipinski definition) is 7. The molecule has 1 atom stereocenters. The van der Waals surface area contributed by atoms with Crippen LogP contribution in [0.4, 0.5) is 0 Å². The number of ether oxygens (including phenoxy) is 2. The number of fused-ring (bicyclic) bond motifs is 1. The first-order valence-corrected chi connectivity index (χ1v) is 14.8. The lowest BCUT2D eigenvalue weighted by molar-refractivity contribution is -0.139. The van der Waals surface area contributed by atoms with Crippen LogP contribution in [0.3, 0.4) is 0 Å². The number of rotatable bonds is 7. The van der Waals surface area contributed by atoms with Gasteiger partial charge in [-0.2, -0.15) is 5.10 Å². The van der Waals surface area contributed by atoms with Crippen molar-refractivity contribution in [3.8, 4) is 22.7 Å². The number of aromatic nitrogens is 3. The van der Waals surface area contributed by atoms with E-state index in [4.69, 9.17) is 19.6 Å². The van der Waals surface area contributed by atoms with E-state index in [1.807, 2.05) is 98.1 Å². The van der Waals surface area contributed by atoms with Crippen molar-refractivity contribution in [1.82, 2.24) is 14.3 Å². The average Bonchev–Trinajstić information content (AvgIpc) is 3.58. The molecule has 3 heterocycles. The van der Waals surface area contributed by atoms with Gasteiger partial charge in [0.25, 0.3) is 5.56 Å². The summed E-state index contributed by atoms with van der Waals surface area (Å²) in [5.41, 5.74) is 5.82. The first-order valence-electron chi connectivity index (χ1n) is 13.9. The van der Waals surface area contributed by atoms with Crippen molar-refractivity contribution < 1.29 is 14.3 Å². The van der Waals surface area contributed by atoms with Crippen LogP contribution in [0.25, 0.3) is 23.0 Å². The zero-order valence-corrected chi connectivity index (χ0v) is 25.1. The molecule has 1 unspecified atom stereocenters. The van der Waals surface area contributed by atoms with Gasteiger partial charge in [-0.3, -0.25) is 9.36 Å². The Hall–Kier alpha value is -5.02. The Kier molecular flexibility index (Phi) is 7.65. The molecule has 1 aliphatic rings. The molecule has 0 bridgehead atoms. The fourth-order valence-electron chi connectivity index (χ4n) is 5.18. The summed E-state index contributed by atoms with van der Waals surface area (Å²) >= 11 is 1.29. The lowest BCUT2D eigenvalue weighted by atomic mass is 9.95. The minimum absolute atomic E-state index is 0.222. The minimum Gasteiger partial charge on any atom is -0.497 e. The predicted molar refractivity (Wildman–Crippen MR) is 167 cm³/mol. The normalized spacial score (nSPS) is 14.8. The van der Waals surface area contributed by atoms with Gasteiger partial charge in [-0.25, -0.2) is 14.5 Å². The van der Waals surface area contributed by atoms with Crippen LogP contribution >= 0.6 is 11.3 Å².